The van der Waals surface area contributed by atoms with E-state index in [0.29, 0.717) is 0 Å². The van der Waals surface area contributed by atoms with Crippen LogP contribution in [0.15, 0.2) is 217 Å². The molecule has 10 aromatic carbocycles. The lowest BCUT2D eigenvalue weighted by Gasteiger charge is -2.32. The number of benzene rings is 10. The maximum atomic E-state index is 6.98. The minimum atomic E-state index is -0.471. The third-order valence-corrected chi connectivity index (χ3v) is 14.9. The predicted molar refractivity (Wildman–Crippen MR) is 265 cm³/mol. The largest absolute Gasteiger partial charge is 0.456 e. The molecule has 0 unspecified atom stereocenters. The zero-order chi connectivity index (χ0) is 42.3. The fraction of sp³-hybridized carbons (Fsp3) is 0.0645. The Morgan fingerprint density at radius 3 is 1.48 bits per heavy atom. The Bertz CT molecular complexity index is 3710. The van der Waals surface area contributed by atoms with Gasteiger partial charge in [-0.1, -0.05) is 184 Å². The first-order valence-corrected chi connectivity index (χ1v) is 22.4. The predicted octanol–water partition coefficient (Wildman–Crippen LogP) is 16.5. The minimum absolute atomic E-state index is 0.174. The van der Waals surface area contributed by atoms with Gasteiger partial charge in [0.15, 0.2) is 0 Å². The molecule has 300 valence electrons. The summed E-state index contributed by atoms with van der Waals surface area (Å²) in [4.78, 5) is 2.51. The van der Waals surface area contributed by atoms with E-state index in [2.05, 4.69) is 231 Å². The summed E-state index contributed by atoms with van der Waals surface area (Å²) >= 11 is 0. The van der Waals surface area contributed by atoms with Crippen molar-refractivity contribution in [2.24, 2.45) is 0 Å². The van der Waals surface area contributed by atoms with Gasteiger partial charge >= 0.3 is 0 Å². The van der Waals surface area contributed by atoms with E-state index in [9.17, 15) is 0 Å². The molecule has 0 N–H and O–H groups in total. The van der Waals surface area contributed by atoms with E-state index < -0.39 is 5.41 Å². The number of hydrogen-bond donors (Lipinski definition) is 0. The lowest BCUT2D eigenvalue weighted by molar-refractivity contribution is 0.660. The molecule has 0 amide bonds. The molecule has 1 heterocycles. The Labute approximate surface area is 372 Å². The molecule has 11 aromatic rings. The van der Waals surface area contributed by atoms with Crippen LogP contribution in [0.2, 0.25) is 0 Å². The average Bonchev–Trinajstić information content (AvgIpc) is 4.04. The Morgan fingerprint density at radius 1 is 0.344 bits per heavy atom. The molecular formula is C62H41NO. The maximum Gasteiger partial charge on any atom is 0.137 e. The molecule has 3 aliphatic rings. The molecule has 3 aliphatic carbocycles. The number of rotatable bonds is 4. The molecule has 2 nitrogen and oxygen atoms in total. The van der Waals surface area contributed by atoms with Crippen molar-refractivity contribution in [2.75, 3.05) is 4.90 Å². The third kappa shape index (κ3) is 4.54. The highest BCUT2D eigenvalue weighted by molar-refractivity contribution is 6.25. The average molecular weight is 816 g/mol. The zero-order valence-electron chi connectivity index (χ0n) is 35.6. The van der Waals surface area contributed by atoms with Crippen molar-refractivity contribution in [3.63, 3.8) is 0 Å². The molecule has 1 aromatic heterocycles. The summed E-state index contributed by atoms with van der Waals surface area (Å²) in [6.07, 6.45) is 0. The molecule has 0 atom stereocenters. The molecule has 1 spiro atoms. The summed E-state index contributed by atoms with van der Waals surface area (Å²) in [5, 5.41) is 4.62. The topological polar surface area (TPSA) is 16.4 Å². The van der Waals surface area contributed by atoms with Crippen LogP contribution in [0, 0.1) is 0 Å². The third-order valence-electron chi connectivity index (χ3n) is 14.9. The Hall–Kier alpha value is -7.94. The van der Waals surface area contributed by atoms with Crippen molar-refractivity contribution in [2.45, 2.75) is 24.7 Å². The van der Waals surface area contributed by atoms with Gasteiger partial charge in [0.25, 0.3) is 0 Å². The van der Waals surface area contributed by atoms with Gasteiger partial charge in [0.05, 0.1) is 16.5 Å². The number of hydrogen-bond acceptors (Lipinski definition) is 2. The minimum Gasteiger partial charge on any atom is -0.456 e. The van der Waals surface area contributed by atoms with Crippen LogP contribution in [-0.4, -0.2) is 0 Å². The Kier molecular flexibility index (Phi) is 7.13. The van der Waals surface area contributed by atoms with Crippen LogP contribution in [0.5, 0.6) is 0 Å². The van der Waals surface area contributed by atoms with Crippen LogP contribution >= 0.6 is 0 Å². The molecule has 0 bridgehead atoms. The van der Waals surface area contributed by atoms with Crippen LogP contribution in [0.3, 0.4) is 0 Å². The number of fused-ring (bicyclic) bond motifs is 18. The van der Waals surface area contributed by atoms with Gasteiger partial charge in [0, 0.05) is 22.2 Å². The van der Waals surface area contributed by atoms with E-state index in [1.807, 2.05) is 0 Å². The summed E-state index contributed by atoms with van der Waals surface area (Å²) in [5.74, 6) is 0. The van der Waals surface area contributed by atoms with Crippen molar-refractivity contribution in [1.29, 1.82) is 0 Å². The molecule has 0 aliphatic heterocycles. The van der Waals surface area contributed by atoms with Crippen molar-refractivity contribution in [3.8, 4) is 44.5 Å². The highest BCUT2D eigenvalue weighted by atomic mass is 16.3. The van der Waals surface area contributed by atoms with Gasteiger partial charge in [-0.05, 0) is 131 Å². The number of furan rings is 1. The summed E-state index contributed by atoms with van der Waals surface area (Å²) < 4.78 is 6.98. The summed E-state index contributed by atoms with van der Waals surface area (Å²) in [6, 6.07) is 78.9. The summed E-state index contributed by atoms with van der Waals surface area (Å²) in [7, 11) is 0. The quantitative estimate of drug-likeness (QED) is 0.176. The normalized spacial score (nSPS) is 14.3. The molecule has 2 heteroatoms. The first-order valence-electron chi connectivity index (χ1n) is 22.4. The van der Waals surface area contributed by atoms with Gasteiger partial charge in [0.2, 0.25) is 0 Å². The fourth-order valence-electron chi connectivity index (χ4n) is 12.2. The Balaban J connectivity index is 1.08. The van der Waals surface area contributed by atoms with Crippen LogP contribution < -0.4 is 4.90 Å². The molecule has 0 saturated heterocycles. The zero-order valence-corrected chi connectivity index (χ0v) is 35.6. The van der Waals surface area contributed by atoms with E-state index in [1.165, 1.54) is 88.7 Å². The van der Waals surface area contributed by atoms with Crippen molar-refractivity contribution in [1.82, 2.24) is 0 Å². The standard InChI is InChI=1S/C62H41NO/c1-61(2)50-25-12-8-20-42(50)46-33-31-39(35-54(46)61)63(56-29-16-30-57-60(56)59-48-24-7-6-19-41(48)49(37-58(59)64-57)38-17-4-3-5-18-38)40-32-34-47-45-23-11-15-28-53(45)62(55(47)36-40)51-26-13-9-21-43(51)44-22-10-14-27-52(44)62/h3-37H,1-2H3. The van der Waals surface area contributed by atoms with Crippen molar-refractivity contribution < 1.29 is 4.42 Å². The van der Waals surface area contributed by atoms with Crippen LogP contribution in [0.1, 0.15) is 47.2 Å². The van der Waals surface area contributed by atoms with Gasteiger partial charge in [-0.2, -0.15) is 0 Å². The molecule has 64 heavy (non-hydrogen) atoms. The highest BCUT2D eigenvalue weighted by Crippen LogP contribution is 2.63. The van der Waals surface area contributed by atoms with E-state index in [1.54, 1.807) is 0 Å². The van der Waals surface area contributed by atoms with Crippen molar-refractivity contribution in [3.05, 3.63) is 246 Å². The molecule has 14 rings (SSSR count). The second-order valence-corrected chi connectivity index (χ2v) is 18.3. The molecule has 0 radical (unpaired) electrons. The van der Waals surface area contributed by atoms with E-state index in [4.69, 9.17) is 4.42 Å². The number of anilines is 3. The first-order chi connectivity index (χ1) is 31.5. The van der Waals surface area contributed by atoms with Gasteiger partial charge in [-0.3, -0.25) is 0 Å². The van der Waals surface area contributed by atoms with Crippen LogP contribution in [0.25, 0.3) is 77.2 Å². The second kappa shape index (κ2) is 12.8. The fourth-order valence-corrected chi connectivity index (χ4v) is 12.2. The van der Waals surface area contributed by atoms with Crippen LogP contribution in [0.4, 0.5) is 17.1 Å². The highest BCUT2D eigenvalue weighted by Gasteiger charge is 2.51. The lowest BCUT2D eigenvalue weighted by Crippen LogP contribution is -2.26. The van der Waals surface area contributed by atoms with Gasteiger partial charge in [-0.15, -0.1) is 0 Å². The first kappa shape index (κ1) is 35.6. The molecule has 0 fully saturated rings. The Morgan fingerprint density at radius 2 is 0.844 bits per heavy atom. The summed E-state index contributed by atoms with van der Waals surface area (Å²) in [5.41, 5.74) is 22.6. The van der Waals surface area contributed by atoms with E-state index >= 15 is 0 Å². The van der Waals surface area contributed by atoms with Crippen molar-refractivity contribution >= 4 is 49.8 Å². The molecular weight excluding hydrogens is 775 g/mol. The maximum absolute atomic E-state index is 6.98. The van der Waals surface area contributed by atoms with Gasteiger partial charge < -0.3 is 9.32 Å². The second-order valence-electron chi connectivity index (χ2n) is 18.3. The smallest absolute Gasteiger partial charge is 0.137 e. The summed E-state index contributed by atoms with van der Waals surface area (Å²) in [6.45, 7) is 4.75. The lowest BCUT2D eigenvalue weighted by atomic mass is 9.70. The van der Waals surface area contributed by atoms with Gasteiger partial charge in [-0.25, -0.2) is 0 Å². The van der Waals surface area contributed by atoms with E-state index in [-0.39, 0.29) is 5.41 Å². The monoisotopic (exact) mass is 815 g/mol. The van der Waals surface area contributed by atoms with Gasteiger partial charge in [0.1, 0.15) is 11.2 Å². The van der Waals surface area contributed by atoms with E-state index in [0.717, 1.165) is 39.0 Å². The van der Waals surface area contributed by atoms with Crippen LogP contribution in [-0.2, 0) is 10.8 Å². The number of nitrogens with zero attached hydrogens (tertiary/aromatic N) is 1. The SMILES string of the molecule is CC1(C)c2ccccc2-c2ccc(N(c3ccc4c(c3)C3(c5ccccc5-c5ccccc53)c3ccccc3-4)c3cccc4oc5cc(-c6ccccc6)c6ccccc6c5c34)cc21. The molecule has 0 saturated carbocycles.